The van der Waals surface area contributed by atoms with Gasteiger partial charge in [-0.1, -0.05) is 19.9 Å². The van der Waals surface area contributed by atoms with Crippen LogP contribution in [0, 0.1) is 5.41 Å². The van der Waals surface area contributed by atoms with Gasteiger partial charge in [-0.25, -0.2) is 0 Å². The van der Waals surface area contributed by atoms with Crippen molar-refractivity contribution in [3.63, 3.8) is 0 Å². The van der Waals surface area contributed by atoms with Crippen LogP contribution in [0.4, 0.5) is 5.69 Å². The first-order valence-electron chi connectivity index (χ1n) is 7.38. The highest BCUT2D eigenvalue weighted by Crippen LogP contribution is 2.41. The summed E-state index contributed by atoms with van der Waals surface area (Å²) in [7, 11) is 0. The summed E-state index contributed by atoms with van der Waals surface area (Å²) < 4.78 is 5.37. The largest absolute Gasteiger partial charge is 0.482 e. The van der Waals surface area contributed by atoms with Gasteiger partial charge in [0.1, 0.15) is 5.75 Å². The highest BCUT2D eigenvalue weighted by molar-refractivity contribution is 5.95. The molecule has 1 saturated carbocycles. The number of rotatable bonds is 3. The molecule has 1 heterocycles. The zero-order chi connectivity index (χ0) is 15.2. The van der Waals surface area contributed by atoms with Gasteiger partial charge >= 0.3 is 0 Å². The minimum atomic E-state index is -0.238. The van der Waals surface area contributed by atoms with Crippen LogP contribution in [-0.4, -0.2) is 29.8 Å². The lowest BCUT2D eigenvalue weighted by molar-refractivity contribution is -0.118. The average molecular weight is 290 g/mol. The Morgan fingerprint density at radius 2 is 2.24 bits per heavy atom. The van der Waals surface area contributed by atoms with Gasteiger partial charge in [0, 0.05) is 17.5 Å². The van der Waals surface area contributed by atoms with Gasteiger partial charge in [-0.05, 0) is 31.0 Å². The van der Waals surface area contributed by atoms with Crippen LogP contribution in [0.2, 0.25) is 0 Å². The monoisotopic (exact) mass is 290 g/mol. The number of ether oxygens (including phenoxy) is 1. The summed E-state index contributed by atoms with van der Waals surface area (Å²) in [6.07, 6.45) is 0.542. The van der Waals surface area contributed by atoms with Crippen molar-refractivity contribution >= 4 is 11.6 Å². The molecule has 1 amide bonds. The van der Waals surface area contributed by atoms with Gasteiger partial charge in [-0.15, -0.1) is 0 Å². The van der Waals surface area contributed by atoms with Gasteiger partial charge in [0.25, 0.3) is 5.91 Å². The van der Waals surface area contributed by atoms with Crippen molar-refractivity contribution in [2.24, 2.45) is 5.41 Å². The van der Waals surface area contributed by atoms with Crippen LogP contribution >= 0.6 is 0 Å². The standard InChI is InChI=1S/C16H22N2O3/c1-9(17-13-7-14(19)16(13,2)3)10-4-5-12-11(6-10)18-15(20)8-21-12/h4-6,9,13-14,17,19H,7-8H2,1-3H3,(H,18,20). The van der Waals surface area contributed by atoms with Crippen molar-refractivity contribution in [1.82, 2.24) is 5.32 Å². The summed E-state index contributed by atoms with van der Waals surface area (Å²) in [5, 5.41) is 16.2. The molecule has 5 nitrogen and oxygen atoms in total. The number of anilines is 1. The van der Waals surface area contributed by atoms with Crippen LogP contribution in [0.25, 0.3) is 0 Å². The highest BCUT2D eigenvalue weighted by Gasteiger charge is 2.47. The van der Waals surface area contributed by atoms with Crippen molar-refractivity contribution in [2.45, 2.75) is 45.4 Å². The molecular weight excluding hydrogens is 268 g/mol. The summed E-state index contributed by atoms with van der Waals surface area (Å²) >= 11 is 0. The quantitative estimate of drug-likeness (QED) is 0.794. The number of aliphatic hydroxyl groups excluding tert-OH is 1. The molecule has 2 aliphatic rings. The maximum absolute atomic E-state index is 11.4. The fourth-order valence-corrected chi connectivity index (χ4v) is 2.95. The minimum Gasteiger partial charge on any atom is -0.482 e. The van der Waals surface area contributed by atoms with Crippen LogP contribution in [0.1, 0.15) is 38.8 Å². The molecule has 3 unspecified atom stereocenters. The zero-order valence-electron chi connectivity index (χ0n) is 12.6. The maximum Gasteiger partial charge on any atom is 0.262 e. The van der Waals surface area contributed by atoms with E-state index in [0.29, 0.717) is 11.8 Å². The number of carbonyl (C=O) groups is 1. The second-order valence-electron chi connectivity index (χ2n) is 6.61. The van der Waals surface area contributed by atoms with E-state index in [-0.39, 0.29) is 30.1 Å². The van der Waals surface area contributed by atoms with E-state index < -0.39 is 0 Å². The van der Waals surface area contributed by atoms with E-state index >= 15 is 0 Å². The number of hydrogen-bond donors (Lipinski definition) is 3. The van der Waals surface area contributed by atoms with Gasteiger partial charge in [0.15, 0.2) is 6.61 Å². The predicted octanol–water partition coefficient (Wildman–Crippen LogP) is 1.83. The number of benzene rings is 1. The topological polar surface area (TPSA) is 70.6 Å². The fourth-order valence-electron chi connectivity index (χ4n) is 2.95. The van der Waals surface area contributed by atoms with Crippen LogP contribution in [0.5, 0.6) is 5.75 Å². The molecule has 5 heteroatoms. The molecular formula is C16H22N2O3. The molecule has 1 aliphatic carbocycles. The molecule has 114 valence electrons. The second-order valence-corrected chi connectivity index (χ2v) is 6.61. The maximum atomic E-state index is 11.4. The van der Waals surface area contributed by atoms with Crippen LogP contribution < -0.4 is 15.4 Å². The Kier molecular flexibility index (Phi) is 3.42. The van der Waals surface area contributed by atoms with Crippen molar-refractivity contribution in [2.75, 3.05) is 11.9 Å². The van der Waals surface area contributed by atoms with Gasteiger partial charge in [0.05, 0.1) is 11.8 Å². The molecule has 3 rings (SSSR count). The SMILES string of the molecule is CC(NC1CC(O)C1(C)C)c1ccc2c(c1)NC(=O)CO2. The minimum absolute atomic E-state index is 0.0777. The Bertz CT molecular complexity index is 571. The Labute approximate surface area is 124 Å². The van der Waals surface area contributed by atoms with E-state index in [1.807, 2.05) is 18.2 Å². The molecule has 0 spiro atoms. The molecule has 0 radical (unpaired) electrons. The smallest absolute Gasteiger partial charge is 0.262 e. The number of fused-ring (bicyclic) bond motifs is 1. The molecule has 1 aromatic carbocycles. The van der Waals surface area contributed by atoms with E-state index in [2.05, 4.69) is 31.4 Å². The van der Waals surface area contributed by atoms with E-state index in [9.17, 15) is 9.90 Å². The Morgan fingerprint density at radius 3 is 2.90 bits per heavy atom. The lowest BCUT2D eigenvalue weighted by Gasteiger charge is -2.50. The Balaban J connectivity index is 1.72. The van der Waals surface area contributed by atoms with E-state index in [1.54, 1.807) is 0 Å². The summed E-state index contributed by atoms with van der Waals surface area (Å²) in [5.41, 5.74) is 1.72. The molecule has 0 bridgehead atoms. The molecule has 0 saturated heterocycles. The zero-order valence-corrected chi connectivity index (χ0v) is 12.6. The van der Waals surface area contributed by atoms with Gasteiger partial charge in [-0.2, -0.15) is 0 Å². The third-order valence-electron chi connectivity index (χ3n) is 4.80. The first-order valence-corrected chi connectivity index (χ1v) is 7.38. The van der Waals surface area contributed by atoms with Crippen molar-refractivity contribution in [1.29, 1.82) is 0 Å². The lowest BCUT2D eigenvalue weighted by Crippen LogP contribution is -2.60. The van der Waals surface area contributed by atoms with Gasteiger partial charge in [0.2, 0.25) is 0 Å². The lowest BCUT2D eigenvalue weighted by atomic mass is 9.64. The number of aliphatic hydroxyl groups is 1. The van der Waals surface area contributed by atoms with E-state index in [4.69, 9.17) is 4.74 Å². The van der Waals surface area contributed by atoms with Crippen molar-refractivity contribution < 1.29 is 14.6 Å². The van der Waals surface area contributed by atoms with Crippen LogP contribution in [0.3, 0.4) is 0 Å². The normalized spacial score (nSPS) is 27.9. The van der Waals surface area contributed by atoms with Crippen molar-refractivity contribution in [3.05, 3.63) is 23.8 Å². The third-order valence-corrected chi connectivity index (χ3v) is 4.80. The van der Waals surface area contributed by atoms with Gasteiger partial charge < -0.3 is 20.5 Å². The number of amides is 1. The molecule has 3 N–H and O–H groups in total. The number of hydrogen-bond acceptors (Lipinski definition) is 4. The third kappa shape index (κ3) is 2.51. The molecule has 1 fully saturated rings. The average Bonchev–Trinajstić information content (AvgIpc) is 2.46. The van der Waals surface area contributed by atoms with E-state index in [1.165, 1.54) is 0 Å². The summed E-state index contributed by atoms with van der Waals surface area (Å²) in [4.78, 5) is 11.4. The van der Waals surface area contributed by atoms with Crippen LogP contribution in [-0.2, 0) is 4.79 Å². The Morgan fingerprint density at radius 1 is 1.48 bits per heavy atom. The predicted molar refractivity (Wildman–Crippen MR) is 80.3 cm³/mol. The van der Waals surface area contributed by atoms with Gasteiger partial charge in [-0.3, -0.25) is 4.79 Å². The number of nitrogens with one attached hydrogen (secondary N) is 2. The Hall–Kier alpha value is -1.59. The molecule has 1 aliphatic heterocycles. The molecule has 1 aromatic rings. The summed E-state index contributed by atoms with van der Waals surface area (Å²) in [6, 6.07) is 6.29. The molecule has 0 aromatic heterocycles. The fraction of sp³-hybridized carbons (Fsp3) is 0.562. The first-order chi connectivity index (χ1) is 9.88. The molecule has 3 atom stereocenters. The van der Waals surface area contributed by atoms with Crippen molar-refractivity contribution in [3.8, 4) is 5.75 Å². The summed E-state index contributed by atoms with van der Waals surface area (Å²) in [5.74, 6) is 0.591. The summed E-state index contributed by atoms with van der Waals surface area (Å²) in [6.45, 7) is 6.32. The second kappa shape index (κ2) is 5.00. The molecule has 21 heavy (non-hydrogen) atoms. The first kappa shape index (κ1) is 14.4. The highest BCUT2D eigenvalue weighted by atomic mass is 16.5. The van der Waals surface area contributed by atoms with E-state index in [0.717, 1.165) is 17.7 Å². The number of carbonyl (C=O) groups excluding carboxylic acids is 1. The van der Waals surface area contributed by atoms with Crippen LogP contribution in [0.15, 0.2) is 18.2 Å².